The number of amides is 6. The fraction of sp³-hybridized carbons (Fsp3) is 0.270. The van der Waals surface area contributed by atoms with E-state index in [0.29, 0.717) is 39.2 Å². The number of nitrogens with zero attached hydrogens (tertiary/aromatic N) is 5. The van der Waals surface area contributed by atoms with Crippen LogP contribution in [0.1, 0.15) is 80.9 Å². The molecule has 1 unspecified atom stereocenters. The van der Waals surface area contributed by atoms with E-state index in [4.69, 9.17) is 16.6 Å². The van der Waals surface area contributed by atoms with E-state index < -0.39 is 35.7 Å². The van der Waals surface area contributed by atoms with Crippen LogP contribution < -0.4 is 21.5 Å². The number of carbonyl (C=O) groups excluding carboxylic acids is 6. The summed E-state index contributed by atoms with van der Waals surface area (Å²) in [5.74, 6) is -2.17. The number of rotatable bonds is 8. The second kappa shape index (κ2) is 14.4. The number of hydrazine groups is 1. The quantitative estimate of drug-likeness (QED) is 0.118. The van der Waals surface area contributed by atoms with E-state index >= 15 is 0 Å². The fourth-order valence-electron chi connectivity index (χ4n) is 6.70. The van der Waals surface area contributed by atoms with E-state index in [0.717, 1.165) is 26.6 Å². The van der Waals surface area contributed by atoms with Gasteiger partial charge in [-0.3, -0.25) is 54.5 Å². The van der Waals surface area contributed by atoms with Crippen LogP contribution in [0.5, 0.6) is 0 Å². The molecule has 4 N–H and O–H groups in total. The molecule has 276 valence electrons. The van der Waals surface area contributed by atoms with E-state index in [2.05, 4.69) is 38.3 Å². The van der Waals surface area contributed by atoms with Gasteiger partial charge in [0, 0.05) is 69.2 Å². The van der Waals surface area contributed by atoms with Crippen LogP contribution in [0.3, 0.4) is 0 Å². The molecule has 0 radical (unpaired) electrons. The third kappa shape index (κ3) is 6.69. The molecule has 7 rings (SSSR count). The van der Waals surface area contributed by atoms with Gasteiger partial charge in [-0.05, 0) is 57.0 Å². The van der Waals surface area contributed by atoms with Crippen molar-refractivity contribution in [3.05, 3.63) is 104 Å². The maximum atomic E-state index is 13.5. The smallest absolute Gasteiger partial charge is 0.267 e. The van der Waals surface area contributed by atoms with Crippen LogP contribution in [0, 0.1) is 20.8 Å². The minimum Gasteiger partial charge on any atom is -0.326 e. The van der Waals surface area contributed by atoms with E-state index in [9.17, 15) is 28.8 Å². The summed E-state index contributed by atoms with van der Waals surface area (Å²) < 4.78 is 1.87. The first-order chi connectivity index (χ1) is 25.8. The number of halogens is 1. The molecule has 3 aliphatic rings. The Bertz CT molecular complexity index is 2330. The van der Waals surface area contributed by atoms with Crippen molar-refractivity contribution in [2.45, 2.75) is 65.1 Å². The molecule has 0 saturated carbocycles. The lowest BCUT2D eigenvalue weighted by Crippen LogP contribution is -2.52. The van der Waals surface area contributed by atoms with Crippen molar-refractivity contribution < 1.29 is 28.8 Å². The van der Waals surface area contributed by atoms with Crippen molar-refractivity contribution in [3.8, 4) is 5.00 Å². The molecular weight excluding hydrogens is 734 g/mol. The summed E-state index contributed by atoms with van der Waals surface area (Å²) in [5, 5.41) is 15.1. The van der Waals surface area contributed by atoms with E-state index in [1.54, 1.807) is 41.7 Å². The zero-order valence-corrected chi connectivity index (χ0v) is 31.0. The molecule has 0 spiro atoms. The van der Waals surface area contributed by atoms with Gasteiger partial charge in [-0.2, -0.15) is 0 Å². The van der Waals surface area contributed by atoms with Crippen LogP contribution in [0.25, 0.3) is 5.00 Å². The van der Waals surface area contributed by atoms with Crippen molar-refractivity contribution >= 4 is 69.8 Å². The van der Waals surface area contributed by atoms with E-state index in [-0.39, 0.29) is 49.6 Å². The first-order valence-corrected chi connectivity index (χ1v) is 18.2. The van der Waals surface area contributed by atoms with Gasteiger partial charge < -0.3 is 10.2 Å². The Morgan fingerprint density at radius 3 is 2.48 bits per heavy atom. The average Bonchev–Trinajstić information content (AvgIpc) is 3.75. The third-order valence-corrected chi connectivity index (χ3v) is 11.1. The summed E-state index contributed by atoms with van der Waals surface area (Å²) in [6, 6.07) is 10.3. The molecule has 17 heteroatoms. The van der Waals surface area contributed by atoms with Gasteiger partial charge in [0.05, 0.1) is 5.71 Å². The van der Waals surface area contributed by atoms with Crippen LogP contribution in [-0.2, 0) is 30.5 Å². The molecule has 1 fully saturated rings. The highest BCUT2D eigenvalue weighted by Gasteiger charge is 2.40. The highest BCUT2D eigenvalue weighted by molar-refractivity contribution is 7.15. The van der Waals surface area contributed by atoms with Gasteiger partial charge in [-0.1, -0.05) is 36.4 Å². The Kier molecular flexibility index (Phi) is 9.72. The number of benzene rings is 2. The van der Waals surface area contributed by atoms with Crippen molar-refractivity contribution in [1.82, 2.24) is 35.8 Å². The Labute approximate surface area is 317 Å². The van der Waals surface area contributed by atoms with Crippen LogP contribution in [0.4, 0.5) is 5.69 Å². The maximum Gasteiger partial charge on any atom is 0.267 e. The first-order valence-electron chi connectivity index (χ1n) is 17.0. The number of nitrogens with one attached hydrogen (secondary N) is 4. The molecule has 5 heterocycles. The predicted octanol–water partition coefficient (Wildman–Crippen LogP) is 3.68. The number of hydrogen-bond acceptors (Lipinski definition) is 10. The van der Waals surface area contributed by atoms with Gasteiger partial charge in [-0.25, -0.2) is 0 Å². The predicted molar refractivity (Wildman–Crippen MR) is 199 cm³/mol. The van der Waals surface area contributed by atoms with E-state index in [1.807, 2.05) is 37.5 Å². The largest absolute Gasteiger partial charge is 0.326 e. The van der Waals surface area contributed by atoms with Gasteiger partial charge >= 0.3 is 0 Å². The highest BCUT2D eigenvalue weighted by atomic mass is 35.5. The Morgan fingerprint density at radius 2 is 1.74 bits per heavy atom. The lowest BCUT2D eigenvalue weighted by atomic mass is 9.99. The summed E-state index contributed by atoms with van der Waals surface area (Å²) in [5.41, 5.74) is 9.27. The van der Waals surface area contributed by atoms with Gasteiger partial charge in [0.25, 0.3) is 11.8 Å². The minimum atomic E-state index is -0.968. The minimum absolute atomic E-state index is 0.00323. The summed E-state index contributed by atoms with van der Waals surface area (Å²) >= 11 is 7.76. The molecule has 6 amide bonds. The topological polar surface area (TPSA) is 197 Å². The number of aromatic nitrogens is 3. The van der Waals surface area contributed by atoms with Crippen LogP contribution in [0.2, 0.25) is 5.02 Å². The van der Waals surface area contributed by atoms with Crippen molar-refractivity contribution in [2.24, 2.45) is 4.99 Å². The van der Waals surface area contributed by atoms with Crippen LogP contribution >= 0.6 is 22.9 Å². The third-order valence-electron chi connectivity index (χ3n) is 9.65. The van der Waals surface area contributed by atoms with Gasteiger partial charge in [0.2, 0.25) is 23.6 Å². The van der Waals surface area contributed by atoms with Gasteiger partial charge in [0.15, 0.2) is 5.82 Å². The van der Waals surface area contributed by atoms with Crippen LogP contribution in [-0.4, -0.2) is 66.9 Å². The first kappa shape index (κ1) is 36.4. The zero-order chi connectivity index (χ0) is 38.4. The fourth-order valence-corrected chi connectivity index (χ4v) is 8.04. The molecule has 2 atom stereocenters. The molecule has 0 bridgehead atoms. The molecule has 3 aliphatic heterocycles. The second-order valence-corrected chi connectivity index (χ2v) is 14.7. The number of anilines is 1. The number of thiophene rings is 1. The van der Waals surface area contributed by atoms with Crippen LogP contribution in [0.15, 0.2) is 59.6 Å². The zero-order valence-electron chi connectivity index (χ0n) is 29.4. The Hall–Kier alpha value is -6.00. The summed E-state index contributed by atoms with van der Waals surface area (Å²) in [7, 11) is 0. The monoisotopic (exact) mass is 767 g/mol. The number of fused-ring (bicyclic) bond motifs is 4. The molecule has 2 aromatic heterocycles. The van der Waals surface area contributed by atoms with Gasteiger partial charge in [-0.15, -0.1) is 21.5 Å². The van der Waals surface area contributed by atoms with E-state index in [1.165, 1.54) is 4.90 Å². The van der Waals surface area contributed by atoms with Gasteiger partial charge in [0.1, 0.15) is 22.9 Å². The highest BCUT2D eigenvalue weighted by Crippen LogP contribution is 2.40. The summed E-state index contributed by atoms with van der Waals surface area (Å²) in [6.45, 7) is 9.96. The molecule has 2 aromatic carbocycles. The number of imide groups is 1. The molecule has 4 aromatic rings. The molecule has 54 heavy (non-hydrogen) atoms. The number of aryl methyl sites for hydroxylation is 2. The maximum absolute atomic E-state index is 13.5. The SMILES string of the molecule is C=C(C(=O)NNC(=O)CCC(=O)Nc1cccc2c1CN(C1CCC(=O)NC1=O)C2=O)[C@@H]1N=C(c2ccc(Cl)cc2)c2c(sc(C)c2C)-n2c(C)nnc21. The Morgan fingerprint density at radius 1 is 1.00 bits per heavy atom. The summed E-state index contributed by atoms with van der Waals surface area (Å²) in [6.07, 6.45) is -0.184. The average molecular weight is 768 g/mol. The Balaban J connectivity index is 1.00. The van der Waals surface area contributed by atoms with Crippen molar-refractivity contribution in [3.63, 3.8) is 0 Å². The molecule has 0 aliphatic carbocycles. The van der Waals surface area contributed by atoms with Crippen molar-refractivity contribution in [2.75, 3.05) is 5.32 Å². The number of aliphatic imine (C=N–C) groups is 1. The lowest BCUT2D eigenvalue weighted by molar-refractivity contribution is -0.137. The summed E-state index contributed by atoms with van der Waals surface area (Å²) in [4.78, 5) is 83.9. The number of carbonyl (C=O) groups is 6. The molecule has 1 saturated heterocycles. The lowest BCUT2D eigenvalue weighted by Gasteiger charge is -2.29. The molecule has 15 nitrogen and oxygen atoms in total. The second-order valence-electron chi connectivity index (χ2n) is 13.1. The van der Waals surface area contributed by atoms with Crippen molar-refractivity contribution in [1.29, 1.82) is 0 Å². The number of piperidine rings is 1. The normalized spacial score (nSPS) is 17.4. The standard InChI is InChI=1S/C37H34ClN9O6S/c1-17-19(3)54-37-30(17)32(21-8-10-22(38)11-9-21)41-31(33-44-42-20(4)47(33)37)18(2)34(51)45-43-29(50)15-14-27(48)39-25-7-5-6-23-24(25)16-46(36(23)53)26-12-13-28(49)40-35(26)52/h5-11,26,31H,2,12-16H2,1,3-4H3,(H,39,48)(H,43,50)(H,45,51)(H,40,49,52)/t26?,31-/m0/s1. The molecular formula is C37H34ClN9O6S. The number of hydrogen-bond donors (Lipinski definition) is 4.